The molecule has 0 unspecified atom stereocenters. The van der Waals surface area contributed by atoms with Crippen molar-refractivity contribution in [2.45, 2.75) is 19.3 Å². The van der Waals surface area contributed by atoms with E-state index in [2.05, 4.69) is 230 Å². The first-order valence-electron chi connectivity index (χ1n) is 19.9. The van der Waals surface area contributed by atoms with Gasteiger partial charge in [0.1, 0.15) is 0 Å². The topological polar surface area (TPSA) is 8.17 Å². The van der Waals surface area contributed by atoms with E-state index in [4.69, 9.17) is 0 Å². The lowest BCUT2D eigenvalue weighted by Gasteiger charge is -2.29. The van der Waals surface area contributed by atoms with Crippen LogP contribution in [-0.2, 0) is 5.41 Å². The molecule has 0 saturated heterocycles. The van der Waals surface area contributed by atoms with E-state index in [1.807, 2.05) is 0 Å². The molecule has 0 N–H and O–H groups in total. The van der Waals surface area contributed by atoms with Gasteiger partial charge in [0.2, 0.25) is 0 Å². The molecule has 2 nitrogen and oxygen atoms in total. The third-order valence-corrected chi connectivity index (χ3v) is 12.2. The summed E-state index contributed by atoms with van der Waals surface area (Å²) in [6.07, 6.45) is 0. The van der Waals surface area contributed by atoms with E-state index in [9.17, 15) is 0 Å². The molecule has 2 heteroatoms. The maximum Gasteiger partial charge on any atom is 0.0541 e. The van der Waals surface area contributed by atoms with Crippen molar-refractivity contribution in [3.05, 3.63) is 217 Å². The number of hydrogen-bond donors (Lipinski definition) is 0. The third kappa shape index (κ3) is 5.18. The fourth-order valence-corrected chi connectivity index (χ4v) is 9.54. The second-order valence-corrected chi connectivity index (χ2v) is 15.7. The Morgan fingerprint density at radius 2 is 0.965 bits per heavy atom. The van der Waals surface area contributed by atoms with Gasteiger partial charge in [-0.05, 0) is 98.2 Å². The Hall–Kier alpha value is -7.16. The van der Waals surface area contributed by atoms with E-state index in [1.165, 1.54) is 77.1 Å². The zero-order chi connectivity index (χ0) is 38.1. The van der Waals surface area contributed by atoms with E-state index in [1.54, 1.807) is 0 Å². The molecule has 0 spiro atoms. The van der Waals surface area contributed by atoms with Crippen molar-refractivity contribution in [1.29, 1.82) is 0 Å². The average Bonchev–Trinajstić information content (AvgIpc) is 3.73. The molecule has 1 aliphatic carbocycles. The minimum atomic E-state index is -0.0926. The second kappa shape index (κ2) is 13.0. The van der Waals surface area contributed by atoms with Crippen molar-refractivity contribution in [2.24, 2.45) is 0 Å². The maximum absolute atomic E-state index is 2.45. The van der Waals surface area contributed by atoms with Crippen LogP contribution in [0.2, 0.25) is 0 Å². The van der Waals surface area contributed by atoms with Gasteiger partial charge in [0, 0.05) is 38.8 Å². The van der Waals surface area contributed by atoms with Crippen LogP contribution in [0.1, 0.15) is 25.0 Å². The van der Waals surface area contributed by atoms with Gasteiger partial charge in [-0.3, -0.25) is 0 Å². The van der Waals surface area contributed by atoms with E-state index in [-0.39, 0.29) is 5.41 Å². The van der Waals surface area contributed by atoms with Crippen molar-refractivity contribution >= 4 is 49.6 Å². The molecule has 0 atom stereocenters. The SMILES string of the molecule is CC1(C)c2ccccc2-c2c(-c3ccccc3N(c3ccc(-c4cccc5ccccc45)cc3)c3cccc(-n4c5ccccc5c5ccccc54)c3)cccc21. The molecule has 9 aromatic carbocycles. The van der Waals surface area contributed by atoms with Crippen molar-refractivity contribution in [3.8, 4) is 39.1 Å². The van der Waals surface area contributed by atoms with Gasteiger partial charge in [-0.15, -0.1) is 0 Å². The molecule has 1 aliphatic rings. The Labute approximate surface area is 333 Å². The van der Waals surface area contributed by atoms with Gasteiger partial charge < -0.3 is 9.47 Å². The lowest BCUT2D eigenvalue weighted by atomic mass is 9.82. The maximum atomic E-state index is 2.45. The summed E-state index contributed by atoms with van der Waals surface area (Å²) in [5.74, 6) is 0. The minimum Gasteiger partial charge on any atom is -0.310 e. The lowest BCUT2D eigenvalue weighted by molar-refractivity contribution is 0.660. The number of aromatic nitrogens is 1. The zero-order valence-electron chi connectivity index (χ0n) is 32.0. The second-order valence-electron chi connectivity index (χ2n) is 15.7. The number of para-hydroxylation sites is 3. The van der Waals surface area contributed by atoms with Crippen LogP contribution >= 0.6 is 0 Å². The number of rotatable bonds is 6. The highest BCUT2D eigenvalue weighted by atomic mass is 15.1. The van der Waals surface area contributed by atoms with Gasteiger partial charge in [0.25, 0.3) is 0 Å². The van der Waals surface area contributed by atoms with Gasteiger partial charge in [0.05, 0.1) is 16.7 Å². The van der Waals surface area contributed by atoms with E-state index < -0.39 is 0 Å². The van der Waals surface area contributed by atoms with Gasteiger partial charge in [0.15, 0.2) is 0 Å². The summed E-state index contributed by atoms with van der Waals surface area (Å²) in [6.45, 7) is 4.72. The summed E-state index contributed by atoms with van der Waals surface area (Å²) in [6, 6.07) is 75.6. The molecule has 0 fully saturated rings. The first kappa shape index (κ1) is 33.2. The van der Waals surface area contributed by atoms with Crippen molar-refractivity contribution in [2.75, 3.05) is 4.90 Å². The molecule has 57 heavy (non-hydrogen) atoms. The summed E-state index contributed by atoms with van der Waals surface area (Å²) < 4.78 is 2.41. The molecule has 10 aromatic rings. The van der Waals surface area contributed by atoms with Gasteiger partial charge in [-0.2, -0.15) is 0 Å². The van der Waals surface area contributed by atoms with Crippen LogP contribution in [0, 0.1) is 0 Å². The summed E-state index contributed by atoms with van der Waals surface area (Å²) in [4.78, 5) is 2.45. The van der Waals surface area contributed by atoms with E-state index in [0.717, 1.165) is 22.7 Å². The monoisotopic (exact) mass is 728 g/mol. The first-order chi connectivity index (χ1) is 28.1. The fraction of sp³-hybridized carbons (Fsp3) is 0.0545. The average molecular weight is 729 g/mol. The Morgan fingerprint density at radius 1 is 0.404 bits per heavy atom. The largest absolute Gasteiger partial charge is 0.310 e. The Kier molecular flexibility index (Phi) is 7.55. The summed E-state index contributed by atoms with van der Waals surface area (Å²) in [5.41, 5.74) is 17.0. The summed E-state index contributed by atoms with van der Waals surface area (Å²) >= 11 is 0. The smallest absolute Gasteiger partial charge is 0.0541 e. The van der Waals surface area contributed by atoms with Gasteiger partial charge in [-0.1, -0.05) is 172 Å². The molecule has 0 amide bonds. The molecule has 1 heterocycles. The molecule has 11 rings (SSSR count). The third-order valence-electron chi connectivity index (χ3n) is 12.2. The Balaban J connectivity index is 1.13. The zero-order valence-corrected chi connectivity index (χ0v) is 32.0. The van der Waals surface area contributed by atoms with Crippen LogP contribution < -0.4 is 4.90 Å². The Morgan fingerprint density at radius 3 is 1.75 bits per heavy atom. The number of benzene rings is 9. The molecule has 0 radical (unpaired) electrons. The highest BCUT2D eigenvalue weighted by Crippen LogP contribution is 2.54. The molecule has 1 aromatic heterocycles. The number of nitrogens with zero attached hydrogens (tertiary/aromatic N) is 2. The van der Waals surface area contributed by atoms with E-state index >= 15 is 0 Å². The lowest BCUT2D eigenvalue weighted by Crippen LogP contribution is -2.15. The van der Waals surface area contributed by atoms with Crippen molar-refractivity contribution < 1.29 is 0 Å². The first-order valence-corrected chi connectivity index (χ1v) is 19.9. The number of anilines is 3. The predicted molar refractivity (Wildman–Crippen MR) is 241 cm³/mol. The summed E-state index contributed by atoms with van der Waals surface area (Å²) in [5, 5.41) is 5.02. The van der Waals surface area contributed by atoms with Crippen LogP contribution in [-0.4, -0.2) is 4.57 Å². The molecule has 0 saturated carbocycles. The van der Waals surface area contributed by atoms with Crippen LogP contribution in [0.15, 0.2) is 206 Å². The normalized spacial score (nSPS) is 12.9. The van der Waals surface area contributed by atoms with Crippen LogP contribution in [0.4, 0.5) is 17.1 Å². The highest BCUT2D eigenvalue weighted by molar-refractivity contribution is 6.09. The predicted octanol–water partition coefficient (Wildman–Crippen LogP) is 15.0. The van der Waals surface area contributed by atoms with Gasteiger partial charge in [-0.25, -0.2) is 0 Å². The van der Waals surface area contributed by atoms with E-state index in [0.29, 0.717) is 0 Å². The standard InChI is InChI=1S/C55H40N2/c1-55(2)49-27-9-5-24-48(49)54-47(26-15-28-50(54)55)46-23-8-10-29-51(46)56(39-34-32-38(33-35-39)43-25-13-17-37-16-3-4-20-42(37)43)40-18-14-19-41(36-40)57-52-30-11-6-21-44(52)45-22-7-12-31-53(45)57/h3-36H,1-2H3. The molecular weight excluding hydrogens is 689 g/mol. The van der Waals surface area contributed by atoms with Crippen LogP contribution in [0.5, 0.6) is 0 Å². The quantitative estimate of drug-likeness (QED) is 0.165. The van der Waals surface area contributed by atoms with Crippen molar-refractivity contribution in [1.82, 2.24) is 4.57 Å². The number of fused-ring (bicyclic) bond motifs is 7. The molecule has 270 valence electrons. The molecule has 0 bridgehead atoms. The minimum absolute atomic E-state index is 0.0926. The molecular formula is C55H40N2. The number of hydrogen-bond acceptors (Lipinski definition) is 1. The van der Waals surface area contributed by atoms with Crippen LogP contribution in [0.3, 0.4) is 0 Å². The molecule has 0 aliphatic heterocycles. The summed E-state index contributed by atoms with van der Waals surface area (Å²) in [7, 11) is 0. The fourth-order valence-electron chi connectivity index (χ4n) is 9.54. The van der Waals surface area contributed by atoms with Crippen LogP contribution in [0.25, 0.3) is 71.6 Å². The highest BCUT2D eigenvalue weighted by Gasteiger charge is 2.37. The Bertz CT molecular complexity index is 3100. The van der Waals surface area contributed by atoms with Gasteiger partial charge >= 0.3 is 0 Å². The van der Waals surface area contributed by atoms with Crippen molar-refractivity contribution in [3.63, 3.8) is 0 Å².